The highest BCUT2D eigenvalue weighted by Gasteiger charge is 2.30. The topological polar surface area (TPSA) is 76.3 Å². The van der Waals surface area contributed by atoms with Crippen LogP contribution in [0.3, 0.4) is 0 Å². The minimum absolute atomic E-state index is 0.0412. The summed E-state index contributed by atoms with van der Waals surface area (Å²) in [5, 5.41) is 4.67. The van der Waals surface area contributed by atoms with Gasteiger partial charge in [-0.2, -0.15) is 23.3 Å². The number of aryl methyl sites for hydroxylation is 3. The molecular weight excluding hydrogens is 643 g/mol. The summed E-state index contributed by atoms with van der Waals surface area (Å²) in [5.41, 5.74) is 1.29. The first-order chi connectivity index (χ1) is 23.4. The van der Waals surface area contributed by atoms with E-state index in [0.717, 1.165) is 42.4 Å². The molecule has 3 aromatic carbocycles. The number of carbonyl (C=O) groups is 1. The van der Waals surface area contributed by atoms with Gasteiger partial charge in [-0.05, 0) is 60.0 Å². The highest BCUT2D eigenvalue weighted by atomic mass is 19.4. The van der Waals surface area contributed by atoms with Crippen molar-refractivity contribution in [1.82, 2.24) is 29.1 Å². The molecule has 13 heteroatoms. The summed E-state index contributed by atoms with van der Waals surface area (Å²) in [5.74, 6) is -2.00. The number of likely N-dealkylation sites (N-methyl/N-ethyl adjacent to an activating group) is 1. The molecule has 0 fully saturated rings. The fraction of sp³-hybridized carbons (Fsp3) is 0.333. The molecule has 0 saturated carbocycles. The summed E-state index contributed by atoms with van der Waals surface area (Å²) in [6.45, 7) is 6.69. The third kappa shape index (κ3) is 8.40. The number of rotatable bonds is 13. The lowest BCUT2D eigenvalue weighted by molar-refractivity contribution is -0.137. The second kappa shape index (κ2) is 15.1. The Morgan fingerprint density at radius 3 is 2.16 bits per heavy atom. The zero-order chi connectivity index (χ0) is 35.3. The highest BCUT2D eigenvalue weighted by Crippen LogP contribution is 2.31. The van der Waals surface area contributed by atoms with Gasteiger partial charge in [0.05, 0.1) is 5.56 Å². The number of aromatic nitrogens is 4. The minimum Gasteiger partial charge on any atom is -0.336 e. The van der Waals surface area contributed by atoms with Gasteiger partial charge in [0.1, 0.15) is 17.8 Å². The molecule has 8 nitrogen and oxygen atoms in total. The zero-order valence-corrected chi connectivity index (χ0v) is 27.5. The van der Waals surface area contributed by atoms with E-state index in [2.05, 4.69) is 15.0 Å². The van der Waals surface area contributed by atoms with Gasteiger partial charge in [-0.25, -0.2) is 8.78 Å². The van der Waals surface area contributed by atoms with E-state index in [4.69, 9.17) is 0 Å². The van der Waals surface area contributed by atoms with Crippen molar-refractivity contribution >= 4 is 16.9 Å². The quantitative estimate of drug-likeness (QED) is 0.138. The number of amides is 1. The molecule has 0 aliphatic rings. The Morgan fingerprint density at radius 1 is 0.878 bits per heavy atom. The Labute approximate surface area is 280 Å². The number of hydrogen-bond acceptors (Lipinski definition) is 5. The predicted molar refractivity (Wildman–Crippen MR) is 177 cm³/mol. The van der Waals surface area contributed by atoms with Crippen LogP contribution in [-0.2, 0) is 43.9 Å². The van der Waals surface area contributed by atoms with Crippen LogP contribution in [0.5, 0.6) is 0 Å². The summed E-state index contributed by atoms with van der Waals surface area (Å²) < 4.78 is 70.5. The molecule has 0 saturated heterocycles. The highest BCUT2D eigenvalue weighted by molar-refractivity contribution is 5.80. The lowest BCUT2D eigenvalue weighted by Gasteiger charge is -2.27. The van der Waals surface area contributed by atoms with Gasteiger partial charge in [-0.15, -0.1) is 0 Å². The van der Waals surface area contributed by atoms with Crippen molar-refractivity contribution in [2.45, 2.75) is 46.0 Å². The molecule has 0 atom stereocenters. The maximum absolute atomic E-state index is 14.5. The van der Waals surface area contributed by atoms with E-state index in [-0.39, 0.29) is 54.3 Å². The van der Waals surface area contributed by atoms with Crippen LogP contribution in [0.15, 0.2) is 77.7 Å². The SMILES string of the molecule is CCN(CC)CCN(Cc1ccc(-c2ccc(C(F)(F)F)cc2)cc1)C(=O)Cn1c(CCc2cccc(F)c2F)nc(=O)c2cn(C)nc21. The number of benzene rings is 3. The van der Waals surface area contributed by atoms with Crippen molar-refractivity contribution in [2.24, 2.45) is 7.05 Å². The third-order valence-corrected chi connectivity index (χ3v) is 8.59. The van der Waals surface area contributed by atoms with Gasteiger partial charge < -0.3 is 14.4 Å². The Morgan fingerprint density at radius 2 is 1.53 bits per heavy atom. The standard InChI is InChI=1S/C36H37F5N6O2/c1-4-45(5-2)19-20-46(21-24-9-11-25(12-10-24)26-13-16-28(17-14-26)36(39,40)41)32(48)23-47-31(18-15-27-7-6-8-30(37)33(27)38)42-35(49)29-22-44(3)43-34(29)47/h6-14,16-17,22H,4-5,15,18-21,23H2,1-3H3. The van der Waals surface area contributed by atoms with Crippen molar-refractivity contribution in [2.75, 3.05) is 26.2 Å². The normalized spacial score (nSPS) is 11.9. The maximum Gasteiger partial charge on any atom is 0.416 e. The minimum atomic E-state index is -4.42. The van der Waals surface area contributed by atoms with Gasteiger partial charge in [0.2, 0.25) is 5.91 Å². The van der Waals surface area contributed by atoms with Crippen molar-refractivity contribution in [1.29, 1.82) is 0 Å². The number of hydrogen-bond donors (Lipinski definition) is 0. The lowest BCUT2D eigenvalue weighted by atomic mass is 10.0. The second-order valence-corrected chi connectivity index (χ2v) is 11.8. The summed E-state index contributed by atoms with van der Waals surface area (Å²) in [4.78, 5) is 35.2. The fourth-order valence-corrected chi connectivity index (χ4v) is 5.74. The largest absolute Gasteiger partial charge is 0.416 e. The summed E-state index contributed by atoms with van der Waals surface area (Å²) in [6.07, 6.45) is -2.80. The van der Waals surface area contributed by atoms with Crippen LogP contribution in [0.4, 0.5) is 22.0 Å². The molecule has 0 spiro atoms. The van der Waals surface area contributed by atoms with Crippen LogP contribution in [0.1, 0.15) is 36.4 Å². The monoisotopic (exact) mass is 680 g/mol. The first-order valence-electron chi connectivity index (χ1n) is 16.0. The Balaban J connectivity index is 1.42. The number of nitrogens with zero attached hydrogens (tertiary/aromatic N) is 6. The molecule has 0 aliphatic heterocycles. The second-order valence-electron chi connectivity index (χ2n) is 11.8. The van der Waals surface area contributed by atoms with Gasteiger partial charge in [0.15, 0.2) is 17.3 Å². The molecule has 0 N–H and O–H groups in total. The van der Waals surface area contributed by atoms with Gasteiger partial charge in [-0.3, -0.25) is 14.3 Å². The zero-order valence-electron chi connectivity index (χ0n) is 27.5. The van der Waals surface area contributed by atoms with Crippen LogP contribution in [0, 0.1) is 11.6 Å². The smallest absolute Gasteiger partial charge is 0.336 e. The van der Waals surface area contributed by atoms with Crippen molar-refractivity contribution in [3.63, 3.8) is 0 Å². The number of halogens is 5. The number of fused-ring (bicyclic) bond motifs is 1. The molecule has 258 valence electrons. The van der Waals surface area contributed by atoms with Crippen LogP contribution in [0.2, 0.25) is 0 Å². The van der Waals surface area contributed by atoms with Gasteiger partial charge in [0, 0.05) is 39.3 Å². The molecule has 5 rings (SSSR count). The van der Waals surface area contributed by atoms with Gasteiger partial charge in [-0.1, -0.05) is 62.4 Å². The van der Waals surface area contributed by atoms with Crippen molar-refractivity contribution in [3.05, 3.63) is 117 Å². The molecule has 0 bridgehead atoms. The maximum atomic E-state index is 14.5. The van der Waals surface area contributed by atoms with Crippen LogP contribution < -0.4 is 5.56 Å². The average molecular weight is 681 g/mol. The fourth-order valence-electron chi connectivity index (χ4n) is 5.74. The average Bonchev–Trinajstić information content (AvgIpc) is 3.48. The molecule has 2 heterocycles. The van der Waals surface area contributed by atoms with E-state index in [1.165, 1.54) is 35.1 Å². The molecule has 5 aromatic rings. The third-order valence-electron chi connectivity index (χ3n) is 8.59. The van der Waals surface area contributed by atoms with Gasteiger partial charge in [0.25, 0.3) is 5.56 Å². The molecule has 0 unspecified atom stereocenters. The van der Waals surface area contributed by atoms with Crippen LogP contribution in [0.25, 0.3) is 22.2 Å². The molecule has 2 aromatic heterocycles. The van der Waals surface area contributed by atoms with Crippen LogP contribution >= 0.6 is 0 Å². The van der Waals surface area contributed by atoms with Crippen molar-refractivity contribution < 1.29 is 26.7 Å². The van der Waals surface area contributed by atoms with E-state index in [1.807, 2.05) is 26.0 Å². The van der Waals surface area contributed by atoms with E-state index in [9.17, 15) is 31.5 Å². The Bertz CT molecular complexity index is 1970. The van der Waals surface area contributed by atoms with Crippen molar-refractivity contribution in [3.8, 4) is 11.1 Å². The first-order valence-corrected chi connectivity index (χ1v) is 16.0. The number of alkyl halides is 3. The number of carbonyl (C=O) groups excluding carboxylic acids is 1. The predicted octanol–water partition coefficient (Wildman–Crippen LogP) is 6.25. The van der Waals surface area contributed by atoms with E-state index < -0.39 is 28.9 Å². The lowest BCUT2D eigenvalue weighted by Crippen LogP contribution is -2.40. The van der Waals surface area contributed by atoms with Gasteiger partial charge >= 0.3 is 6.18 Å². The van der Waals surface area contributed by atoms with E-state index >= 15 is 0 Å². The molecule has 49 heavy (non-hydrogen) atoms. The summed E-state index contributed by atoms with van der Waals surface area (Å²) >= 11 is 0. The Kier molecular flexibility index (Phi) is 10.9. The Hall–Kier alpha value is -4.91. The van der Waals surface area contributed by atoms with E-state index in [0.29, 0.717) is 18.7 Å². The summed E-state index contributed by atoms with van der Waals surface area (Å²) in [7, 11) is 1.65. The molecule has 1 amide bonds. The van der Waals surface area contributed by atoms with Crippen LogP contribution in [-0.4, -0.2) is 61.2 Å². The first kappa shape index (κ1) is 35.4. The summed E-state index contributed by atoms with van der Waals surface area (Å²) in [6, 6.07) is 16.1. The molecular formula is C36H37F5N6O2. The van der Waals surface area contributed by atoms with E-state index in [1.54, 1.807) is 28.6 Å². The molecule has 0 radical (unpaired) electrons. The molecule has 0 aliphatic carbocycles.